The highest BCUT2D eigenvalue weighted by molar-refractivity contribution is 5.79. The van der Waals surface area contributed by atoms with Crippen LogP contribution in [0.4, 0.5) is 0 Å². The van der Waals surface area contributed by atoms with Gasteiger partial charge in [0.05, 0.1) is 6.61 Å². The molecule has 4 heteroatoms. The minimum atomic E-state index is 0.783. The Hall–Kier alpha value is -1.71. The Morgan fingerprint density at radius 2 is 1.71 bits per heavy atom. The number of guanidine groups is 1. The maximum atomic E-state index is 5.66. The van der Waals surface area contributed by atoms with Crippen LogP contribution in [0.5, 0.6) is 5.75 Å². The first kappa shape index (κ1) is 17.3. The predicted molar refractivity (Wildman–Crippen MR) is 90.2 cm³/mol. The van der Waals surface area contributed by atoms with Crippen molar-refractivity contribution in [2.45, 2.75) is 40.0 Å². The second-order valence-corrected chi connectivity index (χ2v) is 4.89. The van der Waals surface area contributed by atoms with Crippen molar-refractivity contribution < 1.29 is 4.74 Å². The van der Waals surface area contributed by atoms with E-state index in [2.05, 4.69) is 48.5 Å². The van der Waals surface area contributed by atoms with Crippen molar-refractivity contribution in [3.8, 4) is 5.75 Å². The molecule has 0 fully saturated rings. The number of hydrogen-bond acceptors (Lipinski definition) is 2. The summed E-state index contributed by atoms with van der Waals surface area (Å²) in [6.07, 6.45) is 3.21. The van der Waals surface area contributed by atoms with Gasteiger partial charge in [0.2, 0.25) is 0 Å². The molecule has 0 aliphatic carbocycles. The Morgan fingerprint density at radius 3 is 2.29 bits per heavy atom. The Bertz CT molecular complexity index is 393. The average molecular weight is 291 g/mol. The lowest BCUT2D eigenvalue weighted by Gasteiger charge is -2.09. The van der Waals surface area contributed by atoms with Gasteiger partial charge < -0.3 is 15.4 Å². The van der Waals surface area contributed by atoms with E-state index < -0.39 is 0 Å². The minimum absolute atomic E-state index is 0.783. The molecule has 0 heterocycles. The van der Waals surface area contributed by atoms with E-state index in [1.165, 1.54) is 5.56 Å². The predicted octanol–water partition coefficient (Wildman–Crippen LogP) is 2.98. The van der Waals surface area contributed by atoms with Gasteiger partial charge >= 0.3 is 0 Å². The van der Waals surface area contributed by atoms with Gasteiger partial charge in [0.25, 0.3) is 0 Å². The fourth-order valence-electron chi connectivity index (χ4n) is 1.89. The first-order chi connectivity index (χ1) is 10.3. The summed E-state index contributed by atoms with van der Waals surface area (Å²) in [6.45, 7) is 9.67. The topological polar surface area (TPSA) is 45.6 Å². The molecule has 0 atom stereocenters. The van der Waals surface area contributed by atoms with Gasteiger partial charge in [-0.15, -0.1) is 0 Å². The summed E-state index contributed by atoms with van der Waals surface area (Å²) in [5.74, 6) is 1.84. The van der Waals surface area contributed by atoms with E-state index in [0.29, 0.717) is 0 Å². The Labute approximate surface area is 129 Å². The third-order valence-electron chi connectivity index (χ3n) is 3.05. The molecule has 0 aliphatic heterocycles. The van der Waals surface area contributed by atoms with Crippen LogP contribution >= 0.6 is 0 Å². The molecule has 1 rings (SSSR count). The fraction of sp³-hybridized carbons (Fsp3) is 0.588. The zero-order valence-electron chi connectivity index (χ0n) is 13.6. The molecule has 0 saturated heterocycles. The molecule has 118 valence electrons. The van der Waals surface area contributed by atoms with Gasteiger partial charge in [-0.3, -0.25) is 4.99 Å². The van der Waals surface area contributed by atoms with Crippen LogP contribution < -0.4 is 15.4 Å². The third kappa shape index (κ3) is 7.59. The molecule has 21 heavy (non-hydrogen) atoms. The third-order valence-corrected chi connectivity index (χ3v) is 3.05. The van der Waals surface area contributed by atoms with Crippen molar-refractivity contribution in [3.05, 3.63) is 29.8 Å². The van der Waals surface area contributed by atoms with E-state index in [1.807, 2.05) is 12.1 Å². The summed E-state index contributed by atoms with van der Waals surface area (Å²) in [5.41, 5.74) is 1.29. The van der Waals surface area contributed by atoms with Crippen molar-refractivity contribution in [2.24, 2.45) is 4.99 Å². The van der Waals surface area contributed by atoms with Crippen molar-refractivity contribution in [1.29, 1.82) is 0 Å². The number of benzene rings is 1. The Kier molecular flexibility index (Phi) is 9.09. The van der Waals surface area contributed by atoms with Crippen LogP contribution in [0.25, 0.3) is 0 Å². The van der Waals surface area contributed by atoms with Crippen LogP contribution in [0.2, 0.25) is 0 Å². The Morgan fingerprint density at radius 1 is 1.05 bits per heavy atom. The molecular weight excluding hydrogens is 262 g/mol. The van der Waals surface area contributed by atoms with Crippen molar-refractivity contribution >= 4 is 5.96 Å². The SMILES string of the molecule is CCCCOc1ccc(CCN=C(NCC)NCC)cc1. The number of nitrogens with one attached hydrogen (secondary N) is 2. The van der Waals surface area contributed by atoms with E-state index in [4.69, 9.17) is 4.74 Å². The second kappa shape index (κ2) is 11.0. The van der Waals surface area contributed by atoms with Gasteiger partial charge in [-0.2, -0.15) is 0 Å². The lowest BCUT2D eigenvalue weighted by molar-refractivity contribution is 0.309. The van der Waals surface area contributed by atoms with Crippen molar-refractivity contribution in [1.82, 2.24) is 10.6 Å². The van der Waals surface area contributed by atoms with Gasteiger partial charge in [0.15, 0.2) is 5.96 Å². The van der Waals surface area contributed by atoms with Crippen LogP contribution in [0.15, 0.2) is 29.3 Å². The highest BCUT2D eigenvalue weighted by Gasteiger charge is 1.97. The monoisotopic (exact) mass is 291 g/mol. The average Bonchev–Trinajstić information content (AvgIpc) is 2.49. The van der Waals surface area contributed by atoms with E-state index in [1.54, 1.807) is 0 Å². The fourth-order valence-corrected chi connectivity index (χ4v) is 1.89. The summed E-state index contributed by atoms with van der Waals surface area (Å²) < 4.78 is 5.66. The van der Waals surface area contributed by atoms with Crippen LogP contribution in [0.1, 0.15) is 39.2 Å². The largest absolute Gasteiger partial charge is 0.494 e. The molecule has 1 aromatic carbocycles. The number of rotatable bonds is 9. The number of hydrogen-bond donors (Lipinski definition) is 2. The number of nitrogens with zero attached hydrogens (tertiary/aromatic N) is 1. The quantitative estimate of drug-likeness (QED) is 0.418. The zero-order valence-corrected chi connectivity index (χ0v) is 13.6. The first-order valence-corrected chi connectivity index (χ1v) is 8.04. The zero-order chi connectivity index (χ0) is 15.3. The molecular formula is C17H29N3O. The molecule has 0 saturated carbocycles. The summed E-state index contributed by atoms with van der Waals surface area (Å²) in [7, 11) is 0. The first-order valence-electron chi connectivity index (χ1n) is 8.04. The maximum Gasteiger partial charge on any atom is 0.191 e. The van der Waals surface area contributed by atoms with Gasteiger partial charge in [-0.25, -0.2) is 0 Å². The highest BCUT2D eigenvalue weighted by Crippen LogP contribution is 2.13. The van der Waals surface area contributed by atoms with Crippen molar-refractivity contribution in [2.75, 3.05) is 26.2 Å². The summed E-state index contributed by atoms with van der Waals surface area (Å²) in [4.78, 5) is 4.54. The summed E-state index contributed by atoms with van der Waals surface area (Å²) >= 11 is 0. The maximum absolute atomic E-state index is 5.66. The normalized spacial score (nSPS) is 10.0. The summed E-state index contributed by atoms with van der Waals surface area (Å²) in [6, 6.07) is 8.34. The number of unbranched alkanes of at least 4 members (excludes halogenated alkanes) is 1. The lowest BCUT2D eigenvalue weighted by Crippen LogP contribution is -2.37. The molecule has 2 N–H and O–H groups in total. The van der Waals surface area contributed by atoms with Crippen LogP contribution in [0, 0.1) is 0 Å². The van der Waals surface area contributed by atoms with E-state index in [9.17, 15) is 0 Å². The molecule has 0 bridgehead atoms. The highest BCUT2D eigenvalue weighted by atomic mass is 16.5. The van der Waals surface area contributed by atoms with E-state index >= 15 is 0 Å². The standard InChI is InChI=1S/C17H29N3O/c1-4-7-14-21-16-10-8-15(9-11-16)12-13-20-17(18-5-2)19-6-3/h8-11H,4-7,12-14H2,1-3H3,(H2,18,19,20). The smallest absolute Gasteiger partial charge is 0.191 e. The van der Waals surface area contributed by atoms with Gasteiger partial charge in [-0.1, -0.05) is 25.5 Å². The molecule has 0 spiro atoms. The second-order valence-electron chi connectivity index (χ2n) is 4.89. The molecule has 0 aliphatic rings. The number of ether oxygens (including phenoxy) is 1. The van der Waals surface area contributed by atoms with Gasteiger partial charge in [0.1, 0.15) is 5.75 Å². The van der Waals surface area contributed by atoms with Crippen LogP contribution in [0.3, 0.4) is 0 Å². The van der Waals surface area contributed by atoms with Crippen LogP contribution in [-0.2, 0) is 6.42 Å². The van der Waals surface area contributed by atoms with Gasteiger partial charge in [-0.05, 0) is 44.4 Å². The number of aliphatic imine (C=N–C) groups is 1. The molecule has 0 unspecified atom stereocenters. The minimum Gasteiger partial charge on any atom is -0.494 e. The molecule has 4 nitrogen and oxygen atoms in total. The molecule has 0 amide bonds. The van der Waals surface area contributed by atoms with E-state index in [0.717, 1.165) is 57.2 Å². The van der Waals surface area contributed by atoms with Gasteiger partial charge in [0, 0.05) is 19.6 Å². The van der Waals surface area contributed by atoms with Crippen LogP contribution in [-0.4, -0.2) is 32.2 Å². The van der Waals surface area contributed by atoms with E-state index in [-0.39, 0.29) is 0 Å². The Balaban J connectivity index is 2.39. The summed E-state index contributed by atoms with van der Waals surface area (Å²) in [5, 5.41) is 6.45. The van der Waals surface area contributed by atoms with Crippen molar-refractivity contribution in [3.63, 3.8) is 0 Å². The lowest BCUT2D eigenvalue weighted by atomic mass is 10.1. The molecule has 0 radical (unpaired) electrons. The molecule has 0 aromatic heterocycles. The molecule has 1 aromatic rings.